The van der Waals surface area contributed by atoms with Gasteiger partial charge in [-0.1, -0.05) is 12.1 Å². The van der Waals surface area contributed by atoms with Crippen LogP contribution in [0.1, 0.15) is 12.8 Å². The molecule has 2 rings (SSSR count). The zero-order chi connectivity index (χ0) is 15.3. The lowest BCUT2D eigenvalue weighted by molar-refractivity contribution is -0.121. The third-order valence-corrected chi connectivity index (χ3v) is 5.17. The van der Waals surface area contributed by atoms with E-state index in [9.17, 15) is 17.6 Å². The van der Waals surface area contributed by atoms with E-state index in [1.165, 1.54) is 12.1 Å². The third-order valence-electron chi connectivity index (χ3n) is 3.34. The van der Waals surface area contributed by atoms with Gasteiger partial charge in [0, 0.05) is 6.54 Å². The van der Waals surface area contributed by atoms with Crippen LogP contribution in [0.3, 0.4) is 0 Å². The van der Waals surface area contributed by atoms with Crippen LogP contribution in [0, 0.1) is 11.7 Å². The molecule has 0 saturated carbocycles. The minimum Gasteiger partial charge on any atom is -0.490 e. The van der Waals surface area contributed by atoms with Crippen LogP contribution in [-0.4, -0.2) is 39.0 Å². The zero-order valence-electron chi connectivity index (χ0n) is 11.5. The molecule has 21 heavy (non-hydrogen) atoms. The Morgan fingerprint density at radius 3 is 2.81 bits per heavy atom. The normalized spacial score (nSPS) is 20.1. The van der Waals surface area contributed by atoms with Crippen LogP contribution < -0.4 is 10.1 Å². The molecule has 1 unspecified atom stereocenters. The molecule has 0 aromatic heterocycles. The van der Waals surface area contributed by atoms with Gasteiger partial charge in [-0.3, -0.25) is 4.79 Å². The highest BCUT2D eigenvalue weighted by Crippen LogP contribution is 2.17. The van der Waals surface area contributed by atoms with Gasteiger partial charge in [-0.15, -0.1) is 0 Å². The highest BCUT2D eigenvalue weighted by molar-refractivity contribution is 7.91. The number of sulfone groups is 1. The molecule has 1 amide bonds. The van der Waals surface area contributed by atoms with Crippen LogP contribution in [0.5, 0.6) is 5.75 Å². The number of hydrogen-bond donors (Lipinski definition) is 1. The van der Waals surface area contributed by atoms with Gasteiger partial charge < -0.3 is 10.1 Å². The molecule has 0 bridgehead atoms. The van der Waals surface area contributed by atoms with Crippen LogP contribution in [0.25, 0.3) is 0 Å². The number of para-hydroxylation sites is 1. The predicted octanol–water partition coefficient (Wildman–Crippen LogP) is 1.15. The van der Waals surface area contributed by atoms with Crippen LogP contribution in [0.15, 0.2) is 24.3 Å². The van der Waals surface area contributed by atoms with Gasteiger partial charge in [-0.2, -0.15) is 0 Å². The van der Waals surface area contributed by atoms with E-state index in [-0.39, 0.29) is 42.1 Å². The Hall–Kier alpha value is -1.63. The average Bonchev–Trinajstić information content (AvgIpc) is 2.78. The van der Waals surface area contributed by atoms with E-state index in [0.29, 0.717) is 13.0 Å². The molecule has 5 nitrogen and oxygen atoms in total. The van der Waals surface area contributed by atoms with Crippen molar-refractivity contribution in [1.82, 2.24) is 5.32 Å². The summed E-state index contributed by atoms with van der Waals surface area (Å²) in [5, 5.41) is 2.69. The van der Waals surface area contributed by atoms with Gasteiger partial charge in [0.05, 0.1) is 24.5 Å². The number of rotatable bonds is 6. The fraction of sp³-hybridized carbons (Fsp3) is 0.500. The highest BCUT2D eigenvalue weighted by Gasteiger charge is 2.27. The van der Waals surface area contributed by atoms with E-state index in [0.717, 1.165) is 0 Å². The van der Waals surface area contributed by atoms with E-state index in [1.54, 1.807) is 12.1 Å². The standard InChI is InChI=1S/C14H18FNO4S/c15-12-3-1-2-4-13(12)20-7-5-14(17)16-9-11-6-8-21(18,19)10-11/h1-4,11H,5-10H2,(H,16,17). The fourth-order valence-corrected chi connectivity index (χ4v) is 4.06. The number of carbonyl (C=O) groups is 1. The van der Waals surface area contributed by atoms with E-state index >= 15 is 0 Å². The maximum absolute atomic E-state index is 13.3. The number of benzene rings is 1. The summed E-state index contributed by atoms with van der Waals surface area (Å²) in [6.45, 7) is 0.438. The van der Waals surface area contributed by atoms with Gasteiger partial charge in [0.1, 0.15) is 0 Å². The summed E-state index contributed by atoms with van der Waals surface area (Å²) in [5.41, 5.74) is 0. The van der Waals surface area contributed by atoms with E-state index < -0.39 is 15.7 Å². The van der Waals surface area contributed by atoms with Crippen LogP contribution in [0.2, 0.25) is 0 Å². The first-order chi connectivity index (χ1) is 9.96. The molecular formula is C14H18FNO4S. The smallest absolute Gasteiger partial charge is 0.223 e. The van der Waals surface area contributed by atoms with E-state index in [4.69, 9.17) is 4.74 Å². The van der Waals surface area contributed by atoms with Crippen LogP contribution in [0.4, 0.5) is 4.39 Å². The first-order valence-electron chi connectivity index (χ1n) is 6.81. The molecule has 1 heterocycles. The second kappa shape index (κ2) is 6.89. The SMILES string of the molecule is O=C(CCOc1ccccc1F)NCC1CCS(=O)(=O)C1. The first kappa shape index (κ1) is 15.8. The average molecular weight is 315 g/mol. The van der Waals surface area contributed by atoms with Gasteiger partial charge in [0.2, 0.25) is 5.91 Å². The molecule has 1 fully saturated rings. The lowest BCUT2D eigenvalue weighted by atomic mass is 10.1. The van der Waals surface area contributed by atoms with Crippen molar-refractivity contribution in [2.75, 3.05) is 24.7 Å². The Balaban J connectivity index is 1.65. The van der Waals surface area contributed by atoms with Crippen molar-refractivity contribution in [3.8, 4) is 5.75 Å². The first-order valence-corrected chi connectivity index (χ1v) is 8.63. The quantitative estimate of drug-likeness (QED) is 0.854. The summed E-state index contributed by atoms with van der Waals surface area (Å²) in [4.78, 5) is 11.6. The van der Waals surface area contributed by atoms with Gasteiger partial charge in [0.15, 0.2) is 21.4 Å². The minimum atomic E-state index is -2.92. The summed E-state index contributed by atoms with van der Waals surface area (Å²) < 4.78 is 41.0. The molecule has 1 aliphatic rings. The topological polar surface area (TPSA) is 72.5 Å². The second-order valence-electron chi connectivity index (χ2n) is 5.10. The molecule has 1 atom stereocenters. The molecule has 0 radical (unpaired) electrons. The van der Waals surface area contributed by atoms with E-state index in [1.807, 2.05) is 0 Å². The maximum atomic E-state index is 13.3. The molecular weight excluding hydrogens is 297 g/mol. The van der Waals surface area contributed by atoms with Gasteiger partial charge >= 0.3 is 0 Å². The van der Waals surface area contributed by atoms with Crippen molar-refractivity contribution >= 4 is 15.7 Å². The van der Waals surface area contributed by atoms with Crippen molar-refractivity contribution in [2.24, 2.45) is 5.92 Å². The third kappa shape index (κ3) is 5.00. The van der Waals surface area contributed by atoms with E-state index in [2.05, 4.69) is 5.32 Å². The van der Waals surface area contributed by atoms with Crippen molar-refractivity contribution in [3.63, 3.8) is 0 Å². The molecule has 1 N–H and O–H groups in total. The highest BCUT2D eigenvalue weighted by atomic mass is 32.2. The Bertz CT molecular complexity index is 603. The molecule has 0 aliphatic carbocycles. The largest absolute Gasteiger partial charge is 0.490 e. The monoisotopic (exact) mass is 315 g/mol. The summed E-state index contributed by atoms with van der Waals surface area (Å²) in [7, 11) is -2.92. The Morgan fingerprint density at radius 1 is 1.38 bits per heavy atom. The molecule has 7 heteroatoms. The molecule has 1 aromatic rings. The maximum Gasteiger partial charge on any atom is 0.223 e. The number of hydrogen-bond acceptors (Lipinski definition) is 4. The van der Waals surface area contributed by atoms with Gasteiger partial charge in [0.25, 0.3) is 0 Å². The predicted molar refractivity (Wildman–Crippen MR) is 76.3 cm³/mol. The van der Waals surface area contributed by atoms with Crippen molar-refractivity contribution in [2.45, 2.75) is 12.8 Å². The van der Waals surface area contributed by atoms with Crippen molar-refractivity contribution < 1.29 is 22.3 Å². The number of nitrogens with one attached hydrogen (secondary N) is 1. The summed E-state index contributed by atoms with van der Waals surface area (Å²) >= 11 is 0. The number of halogens is 1. The molecule has 116 valence electrons. The van der Waals surface area contributed by atoms with Crippen LogP contribution >= 0.6 is 0 Å². The summed E-state index contributed by atoms with van der Waals surface area (Å²) in [5.74, 6) is -0.244. The minimum absolute atomic E-state index is 0.00793. The molecule has 0 spiro atoms. The number of amides is 1. The lowest BCUT2D eigenvalue weighted by Crippen LogP contribution is -2.30. The Morgan fingerprint density at radius 2 is 2.14 bits per heavy atom. The zero-order valence-corrected chi connectivity index (χ0v) is 12.4. The van der Waals surface area contributed by atoms with Gasteiger partial charge in [-0.25, -0.2) is 12.8 Å². The second-order valence-corrected chi connectivity index (χ2v) is 7.33. The molecule has 1 aromatic carbocycles. The van der Waals surface area contributed by atoms with Crippen molar-refractivity contribution in [1.29, 1.82) is 0 Å². The number of carbonyl (C=O) groups excluding carboxylic acids is 1. The number of ether oxygens (including phenoxy) is 1. The van der Waals surface area contributed by atoms with Crippen molar-refractivity contribution in [3.05, 3.63) is 30.1 Å². The summed E-state index contributed by atoms with van der Waals surface area (Å²) in [6, 6.07) is 6.00. The van der Waals surface area contributed by atoms with Crippen LogP contribution in [-0.2, 0) is 14.6 Å². The molecule has 1 aliphatic heterocycles. The summed E-state index contributed by atoms with van der Waals surface area (Å²) in [6.07, 6.45) is 0.697. The fourth-order valence-electron chi connectivity index (χ4n) is 2.20. The van der Waals surface area contributed by atoms with Gasteiger partial charge in [-0.05, 0) is 24.5 Å². The lowest BCUT2D eigenvalue weighted by Gasteiger charge is -2.10. The Labute approximate surface area is 123 Å². The Kier molecular flexibility index (Phi) is 5.17. The molecule has 1 saturated heterocycles.